The molecule has 0 aliphatic carbocycles. The third kappa shape index (κ3) is 6.81. The summed E-state index contributed by atoms with van der Waals surface area (Å²) in [7, 11) is -1.89. The van der Waals surface area contributed by atoms with E-state index in [9.17, 15) is 13.2 Å². The van der Waals surface area contributed by atoms with Gasteiger partial charge in [0.2, 0.25) is 10.0 Å². The van der Waals surface area contributed by atoms with Crippen LogP contribution in [0, 0.1) is 0 Å². The largest absolute Gasteiger partial charge is 0.468 e. The number of sulfonamides is 1. The van der Waals surface area contributed by atoms with Gasteiger partial charge in [0.1, 0.15) is 6.04 Å². The van der Waals surface area contributed by atoms with Gasteiger partial charge in [-0.15, -0.1) is 0 Å². The number of methoxy groups -OCH3 is 1. The van der Waals surface area contributed by atoms with E-state index in [0.29, 0.717) is 12.8 Å². The molecule has 7 heteroatoms. The minimum Gasteiger partial charge on any atom is -0.468 e. The molecule has 0 aliphatic heterocycles. The summed E-state index contributed by atoms with van der Waals surface area (Å²) in [6, 6.07) is -0.679. The summed E-state index contributed by atoms with van der Waals surface area (Å²) < 4.78 is 28.0. The third-order valence-electron chi connectivity index (χ3n) is 1.56. The van der Waals surface area contributed by atoms with Gasteiger partial charge in [0.05, 0.1) is 13.4 Å². The minimum absolute atomic E-state index is 0.281. The molecule has 0 radical (unpaired) electrons. The van der Waals surface area contributed by atoms with E-state index < -0.39 is 22.0 Å². The summed E-state index contributed by atoms with van der Waals surface area (Å²) in [6.45, 7) is 0.281. The molecule has 0 spiro atoms. The molecular weight excluding hydrogens is 208 g/mol. The Morgan fingerprint density at radius 2 is 2.14 bits per heavy atom. The number of carbonyl (C=O) groups is 1. The topological polar surface area (TPSA) is 98.5 Å². The van der Waals surface area contributed by atoms with Gasteiger partial charge in [0.15, 0.2) is 0 Å². The van der Waals surface area contributed by atoms with Crippen LogP contribution in [0.25, 0.3) is 0 Å². The lowest BCUT2D eigenvalue weighted by molar-refractivity contribution is -0.142. The fourth-order valence-electron chi connectivity index (χ4n) is 0.849. The van der Waals surface area contributed by atoms with Crippen molar-refractivity contribution < 1.29 is 17.9 Å². The summed E-state index contributed by atoms with van der Waals surface area (Å²) >= 11 is 0. The van der Waals surface area contributed by atoms with E-state index in [4.69, 9.17) is 5.73 Å². The van der Waals surface area contributed by atoms with E-state index in [2.05, 4.69) is 9.46 Å². The van der Waals surface area contributed by atoms with Crippen molar-refractivity contribution in [2.75, 3.05) is 19.9 Å². The number of ether oxygens (including phenoxy) is 1. The van der Waals surface area contributed by atoms with Crippen molar-refractivity contribution in [3.8, 4) is 0 Å². The van der Waals surface area contributed by atoms with Gasteiger partial charge >= 0.3 is 5.97 Å². The summed E-state index contributed by atoms with van der Waals surface area (Å²) in [5.41, 5.74) is 5.43. The Morgan fingerprint density at radius 1 is 1.57 bits per heavy atom. The molecule has 0 amide bonds. The standard InChI is InChI=1S/C7H16N2O4S/c1-13-7(10)6(8)4-3-5-9-14(2,11)12/h6,9H,3-5,8H2,1-2H3/t6-/m0/s1. The summed E-state index contributed by atoms with van der Waals surface area (Å²) in [6.07, 6.45) is 1.98. The van der Waals surface area contributed by atoms with Crippen LogP contribution in [0.4, 0.5) is 0 Å². The quantitative estimate of drug-likeness (QED) is 0.437. The molecule has 0 fully saturated rings. The van der Waals surface area contributed by atoms with E-state index >= 15 is 0 Å². The molecule has 0 aromatic rings. The smallest absolute Gasteiger partial charge is 0.322 e. The van der Waals surface area contributed by atoms with Crippen molar-refractivity contribution in [1.82, 2.24) is 4.72 Å². The Labute approximate surface area is 83.9 Å². The summed E-state index contributed by atoms with van der Waals surface area (Å²) in [4.78, 5) is 10.8. The first-order valence-corrected chi connectivity index (χ1v) is 6.04. The van der Waals surface area contributed by atoms with Gasteiger partial charge in [-0.2, -0.15) is 0 Å². The number of hydrogen-bond donors (Lipinski definition) is 2. The van der Waals surface area contributed by atoms with Crippen LogP contribution in [0.2, 0.25) is 0 Å². The molecule has 84 valence electrons. The molecule has 0 aromatic carbocycles. The van der Waals surface area contributed by atoms with Crippen LogP contribution in [-0.4, -0.2) is 40.3 Å². The van der Waals surface area contributed by atoms with Gasteiger partial charge in [-0.25, -0.2) is 13.1 Å². The van der Waals surface area contributed by atoms with E-state index in [0.717, 1.165) is 6.26 Å². The van der Waals surface area contributed by atoms with Crippen LogP contribution in [0.15, 0.2) is 0 Å². The highest BCUT2D eigenvalue weighted by molar-refractivity contribution is 7.88. The van der Waals surface area contributed by atoms with Crippen LogP contribution in [0.5, 0.6) is 0 Å². The average molecular weight is 224 g/mol. The number of hydrogen-bond acceptors (Lipinski definition) is 5. The van der Waals surface area contributed by atoms with Crippen molar-refractivity contribution in [2.45, 2.75) is 18.9 Å². The Hall–Kier alpha value is -0.660. The SMILES string of the molecule is COC(=O)[C@@H](N)CCCNS(C)(=O)=O. The van der Waals surface area contributed by atoms with Crippen molar-refractivity contribution in [2.24, 2.45) is 5.73 Å². The van der Waals surface area contributed by atoms with Crippen molar-refractivity contribution in [1.29, 1.82) is 0 Å². The first-order valence-electron chi connectivity index (χ1n) is 4.15. The maximum atomic E-state index is 10.8. The van der Waals surface area contributed by atoms with Gasteiger partial charge in [0, 0.05) is 6.54 Å². The van der Waals surface area contributed by atoms with E-state index in [1.54, 1.807) is 0 Å². The molecule has 3 N–H and O–H groups in total. The number of esters is 1. The molecule has 6 nitrogen and oxygen atoms in total. The first kappa shape index (κ1) is 13.3. The zero-order valence-electron chi connectivity index (χ0n) is 8.32. The van der Waals surface area contributed by atoms with E-state index in [1.807, 2.05) is 0 Å². The predicted molar refractivity (Wildman–Crippen MR) is 52.1 cm³/mol. The highest BCUT2D eigenvalue weighted by Crippen LogP contribution is 1.95. The van der Waals surface area contributed by atoms with Gasteiger partial charge in [-0.05, 0) is 12.8 Å². The lowest BCUT2D eigenvalue weighted by atomic mass is 10.2. The van der Waals surface area contributed by atoms with Crippen LogP contribution >= 0.6 is 0 Å². The van der Waals surface area contributed by atoms with Crippen LogP contribution in [-0.2, 0) is 19.6 Å². The molecule has 0 aliphatic rings. The van der Waals surface area contributed by atoms with E-state index in [1.165, 1.54) is 7.11 Å². The van der Waals surface area contributed by atoms with E-state index in [-0.39, 0.29) is 6.54 Å². The third-order valence-corrected chi connectivity index (χ3v) is 2.29. The molecule has 1 atom stereocenters. The van der Waals surface area contributed by atoms with Gasteiger partial charge in [0.25, 0.3) is 0 Å². The highest BCUT2D eigenvalue weighted by atomic mass is 32.2. The normalized spacial score (nSPS) is 13.6. The number of carbonyl (C=O) groups excluding carboxylic acids is 1. The zero-order valence-corrected chi connectivity index (χ0v) is 9.13. The lowest BCUT2D eigenvalue weighted by Crippen LogP contribution is -2.33. The first-order chi connectivity index (χ1) is 6.37. The van der Waals surface area contributed by atoms with Crippen LogP contribution in [0.3, 0.4) is 0 Å². The predicted octanol–water partition coefficient (Wildman–Crippen LogP) is -1.18. The second-order valence-corrected chi connectivity index (χ2v) is 4.77. The maximum absolute atomic E-state index is 10.8. The molecule has 0 saturated heterocycles. The molecule has 0 rings (SSSR count). The summed E-state index contributed by atoms with van der Waals surface area (Å²) in [5, 5.41) is 0. The minimum atomic E-state index is -3.15. The fourth-order valence-corrected chi connectivity index (χ4v) is 1.36. The maximum Gasteiger partial charge on any atom is 0.322 e. The van der Waals surface area contributed by atoms with Gasteiger partial charge in [-0.3, -0.25) is 4.79 Å². The molecule has 14 heavy (non-hydrogen) atoms. The lowest BCUT2D eigenvalue weighted by Gasteiger charge is -2.08. The zero-order chi connectivity index (χ0) is 11.2. The Balaban J connectivity index is 3.60. The van der Waals surface area contributed by atoms with Crippen LogP contribution < -0.4 is 10.5 Å². The molecule has 0 aromatic heterocycles. The Kier molecular flexibility index (Phi) is 5.66. The molecule has 0 unspecified atom stereocenters. The van der Waals surface area contributed by atoms with Gasteiger partial charge in [-0.1, -0.05) is 0 Å². The van der Waals surface area contributed by atoms with Crippen molar-refractivity contribution >= 4 is 16.0 Å². The molecule has 0 saturated carbocycles. The molecular formula is C7H16N2O4S. The number of rotatable bonds is 6. The highest BCUT2D eigenvalue weighted by Gasteiger charge is 2.12. The molecule has 0 bridgehead atoms. The number of nitrogens with two attached hydrogens (primary N) is 1. The van der Waals surface area contributed by atoms with Crippen LogP contribution in [0.1, 0.15) is 12.8 Å². The Bertz CT molecular complexity index is 275. The number of nitrogens with one attached hydrogen (secondary N) is 1. The monoisotopic (exact) mass is 224 g/mol. The second-order valence-electron chi connectivity index (χ2n) is 2.94. The average Bonchev–Trinajstić information content (AvgIpc) is 2.09. The Morgan fingerprint density at radius 3 is 2.57 bits per heavy atom. The fraction of sp³-hybridized carbons (Fsp3) is 0.857. The molecule has 0 heterocycles. The van der Waals surface area contributed by atoms with Gasteiger partial charge < -0.3 is 10.5 Å². The van der Waals surface area contributed by atoms with Crippen molar-refractivity contribution in [3.63, 3.8) is 0 Å². The summed E-state index contributed by atoms with van der Waals surface area (Å²) in [5.74, 6) is -0.482. The second kappa shape index (κ2) is 5.94. The van der Waals surface area contributed by atoms with Crippen molar-refractivity contribution in [3.05, 3.63) is 0 Å².